The average Bonchev–Trinajstić information content (AvgIpc) is 3.67. The van der Waals surface area contributed by atoms with Crippen molar-refractivity contribution in [3.63, 3.8) is 0 Å². The lowest BCUT2D eigenvalue weighted by atomic mass is 10.0. The average molecular weight is 546 g/mol. The van der Waals surface area contributed by atoms with E-state index in [1.165, 1.54) is 0 Å². The molecule has 1 N–H and O–H groups in total. The van der Waals surface area contributed by atoms with Crippen LogP contribution in [-0.2, 0) is 11.3 Å². The molecule has 2 aliphatic rings. The van der Waals surface area contributed by atoms with Gasteiger partial charge in [0.1, 0.15) is 17.5 Å². The lowest BCUT2D eigenvalue weighted by Gasteiger charge is -2.39. The summed E-state index contributed by atoms with van der Waals surface area (Å²) >= 11 is 0. The molecule has 11 nitrogen and oxygen atoms in total. The Labute approximate surface area is 232 Å². The minimum absolute atomic E-state index is 0.0680. The molecule has 2 saturated heterocycles. The van der Waals surface area contributed by atoms with Crippen molar-refractivity contribution in [2.24, 2.45) is 0 Å². The molecular formula is C29H35N7O4. The Morgan fingerprint density at radius 2 is 1.88 bits per heavy atom. The Bertz CT molecular complexity index is 1490. The molecule has 2 aliphatic heterocycles. The monoisotopic (exact) mass is 545 g/mol. The second-order valence-electron chi connectivity index (χ2n) is 10.2. The van der Waals surface area contributed by atoms with Crippen molar-refractivity contribution in [2.75, 3.05) is 51.4 Å². The van der Waals surface area contributed by atoms with Crippen molar-refractivity contribution in [1.82, 2.24) is 30.1 Å². The van der Waals surface area contributed by atoms with Crippen LogP contribution in [0.1, 0.15) is 37.2 Å². The van der Waals surface area contributed by atoms with Crippen molar-refractivity contribution in [3.05, 3.63) is 70.3 Å². The van der Waals surface area contributed by atoms with Gasteiger partial charge in [-0.2, -0.15) is 0 Å². The van der Waals surface area contributed by atoms with Crippen LogP contribution in [0.4, 0.5) is 5.69 Å². The van der Waals surface area contributed by atoms with Crippen LogP contribution in [0.15, 0.2) is 53.3 Å². The minimum Gasteiger partial charge on any atom is -0.497 e. The van der Waals surface area contributed by atoms with E-state index < -0.39 is 6.04 Å². The van der Waals surface area contributed by atoms with E-state index in [-0.39, 0.29) is 11.7 Å². The van der Waals surface area contributed by atoms with Gasteiger partial charge in [0.15, 0.2) is 5.82 Å². The number of piperazine rings is 1. The van der Waals surface area contributed by atoms with Crippen LogP contribution < -0.4 is 19.9 Å². The van der Waals surface area contributed by atoms with Gasteiger partial charge < -0.3 is 24.1 Å². The van der Waals surface area contributed by atoms with Crippen LogP contribution in [0.3, 0.4) is 0 Å². The molecule has 0 aliphatic carbocycles. The number of fused-ring (bicyclic) bond motifs is 1. The number of tetrazole rings is 1. The zero-order valence-electron chi connectivity index (χ0n) is 23.0. The molecule has 0 spiro atoms. The number of benzene rings is 2. The van der Waals surface area contributed by atoms with Gasteiger partial charge in [-0.25, -0.2) is 4.68 Å². The van der Waals surface area contributed by atoms with Gasteiger partial charge >= 0.3 is 0 Å². The van der Waals surface area contributed by atoms with E-state index >= 15 is 0 Å². The summed E-state index contributed by atoms with van der Waals surface area (Å²) in [7, 11) is 1.67. The molecule has 0 bridgehead atoms. The molecule has 2 aromatic heterocycles. The van der Waals surface area contributed by atoms with E-state index in [2.05, 4.69) is 42.4 Å². The number of nitrogens with zero attached hydrogens (tertiary/aromatic N) is 6. The standard InChI is InChI=1S/C29H35N7O4/c1-3-39-23-10-11-26-20(17-23)18-25(29(37)30-26)27(28-31-32-33-36(28)19-24-5-4-16-40-24)35-14-12-34(13-15-35)21-6-8-22(38-2)9-7-21/h6-11,17-18,24,27H,3-5,12-16,19H2,1-2H3,(H,30,37)/t24-,27+/m1/s1. The van der Waals surface area contributed by atoms with Crippen LogP contribution >= 0.6 is 0 Å². The van der Waals surface area contributed by atoms with E-state index in [1.54, 1.807) is 7.11 Å². The van der Waals surface area contributed by atoms with Gasteiger partial charge in [-0.05, 0) is 78.7 Å². The summed E-state index contributed by atoms with van der Waals surface area (Å²) in [5.74, 6) is 2.25. The van der Waals surface area contributed by atoms with Crippen LogP contribution in [0.5, 0.6) is 11.5 Å². The first-order chi connectivity index (χ1) is 19.6. The number of aromatic nitrogens is 5. The Kier molecular flexibility index (Phi) is 7.65. The van der Waals surface area contributed by atoms with Crippen molar-refractivity contribution in [1.29, 1.82) is 0 Å². The zero-order chi connectivity index (χ0) is 27.5. The molecule has 2 atom stereocenters. The summed E-state index contributed by atoms with van der Waals surface area (Å²) in [5, 5.41) is 13.7. The lowest BCUT2D eigenvalue weighted by molar-refractivity contribution is 0.0906. The Morgan fingerprint density at radius 3 is 2.60 bits per heavy atom. The highest BCUT2D eigenvalue weighted by molar-refractivity contribution is 5.80. The number of pyridine rings is 1. The smallest absolute Gasteiger partial charge is 0.253 e. The van der Waals surface area contributed by atoms with Gasteiger partial charge in [-0.1, -0.05) is 0 Å². The van der Waals surface area contributed by atoms with Crippen LogP contribution in [0, 0.1) is 0 Å². The zero-order valence-corrected chi connectivity index (χ0v) is 23.0. The first-order valence-electron chi connectivity index (χ1n) is 13.9. The van der Waals surface area contributed by atoms with Crippen molar-refractivity contribution >= 4 is 16.6 Å². The number of anilines is 1. The maximum atomic E-state index is 13.6. The van der Waals surface area contributed by atoms with Crippen molar-refractivity contribution in [2.45, 2.75) is 38.5 Å². The molecule has 11 heteroatoms. The van der Waals surface area contributed by atoms with Gasteiger partial charge in [0.25, 0.3) is 5.56 Å². The highest BCUT2D eigenvalue weighted by Crippen LogP contribution is 2.30. The van der Waals surface area contributed by atoms with Crippen molar-refractivity contribution < 1.29 is 14.2 Å². The van der Waals surface area contributed by atoms with E-state index in [4.69, 9.17) is 14.2 Å². The molecular weight excluding hydrogens is 510 g/mol. The fourth-order valence-corrected chi connectivity index (χ4v) is 5.71. The van der Waals surface area contributed by atoms with Crippen molar-refractivity contribution in [3.8, 4) is 11.5 Å². The quantitative estimate of drug-likeness (QED) is 0.339. The summed E-state index contributed by atoms with van der Waals surface area (Å²) in [5.41, 5.74) is 2.37. The molecule has 210 valence electrons. The molecule has 40 heavy (non-hydrogen) atoms. The molecule has 0 amide bonds. The summed E-state index contributed by atoms with van der Waals surface area (Å²) in [6.07, 6.45) is 2.07. The number of H-pyrrole nitrogens is 1. The van der Waals surface area contributed by atoms with Gasteiger partial charge in [0, 0.05) is 54.9 Å². The summed E-state index contributed by atoms with van der Waals surface area (Å²) in [6, 6.07) is 15.4. The number of rotatable bonds is 9. The van der Waals surface area contributed by atoms with E-state index in [9.17, 15) is 4.79 Å². The molecule has 0 unspecified atom stereocenters. The van der Waals surface area contributed by atoms with Crippen LogP contribution in [-0.4, -0.2) is 82.7 Å². The Balaban J connectivity index is 1.34. The predicted molar refractivity (Wildman–Crippen MR) is 151 cm³/mol. The fraction of sp³-hybridized carbons (Fsp3) is 0.448. The second-order valence-corrected chi connectivity index (χ2v) is 10.2. The number of ether oxygens (including phenoxy) is 3. The van der Waals surface area contributed by atoms with E-state index in [1.807, 2.05) is 48.0 Å². The molecule has 4 heterocycles. The largest absolute Gasteiger partial charge is 0.497 e. The molecule has 0 saturated carbocycles. The molecule has 0 radical (unpaired) electrons. The first-order valence-corrected chi connectivity index (χ1v) is 13.9. The number of hydrogen-bond acceptors (Lipinski definition) is 9. The topological polar surface area (TPSA) is 111 Å². The summed E-state index contributed by atoms with van der Waals surface area (Å²) in [6.45, 7) is 6.92. The van der Waals surface area contributed by atoms with Crippen LogP contribution in [0.2, 0.25) is 0 Å². The first kappa shape index (κ1) is 26.3. The Hall–Kier alpha value is -3.96. The van der Waals surface area contributed by atoms with Crippen LogP contribution in [0.25, 0.3) is 10.9 Å². The number of aromatic amines is 1. The third-order valence-corrected chi connectivity index (χ3v) is 7.77. The number of nitrogens with one attached hydrogen (secondary N) is 1. The third-order valence-electron chi connectivity index (χ3n) is 7.77. The SMILES string of the molecule is CCOc1ccc2[nH]c(=O)c([C@@H](c3nnnn3C[C@H]3CCCO3)N3CCN(c4ccc(OC)cc4)CC3)cc2c1. The summed E-state index contributed by atoms with van der Waals surface area (Å²) < 4.78 is 18.7. The lowest BCUT2D eigenvalue weighted by Crippen LogP contribution is -2.49. The molecule has 6 rings (SSSR count). The number of hydrogen-bond donors (Lipinski definition) is 1. The highest BCUT2D eigenvalue weighted by atomic mass is 16.5. The maximum absolute atomic E-state index is 13.6. The van der Waals surface area contributed by atoms with Gasteiger partial charge in [-0.3, -0.25) is 9.69 Å². The number of methoxy groups -OCH3 is 1. The summed E-state index contributed by atoms with van der Waals surface area (Å²) in [4.78, 5) is 21.3. The normalized spacial score (nSPS) is 18.8. The molecule has 2 fully saturated rings. The van der Waals surface area contributed by atoms with Gasteiger partial charge in [-0.15, -0.1) is 5.10 Å². The Morgan fingerprint density at radius 1 is 1.07 bits per heavy atom. The van der Waals surface area contributed by atoms with Gasteiger partial charge in [0.05, 0.1) is 26.4 Å². The highest BCUT2D eigenvalue weighted by Gasteiger charge is 2.33. The minimum atomic E-state index is -0.418. The van der Waals surface area contributed by atoms with E-state index in [0.29, 0.717) is 24.5 Å². The third kappa shape index (κ3) is 5.39. The predicted octanol–water partition coefficient (Wildman–Crippen LogP) is 3.01. The van der Waals surface area contributed by atoms with E-state index in [0.717, 1.165) is 73.7 Å². The maximum Gasteiger partial charge on any atom is 0.253 e. The molecule has 4 aromatic rings. The van der Waals surface area contributed by atoms with Gasteiger partial charge in [0.2, 0.25) is 0 Å². The molecule has 2 aromatic carbocycles. The fourth-order valence-electron chi connectivity index (χ4n) is 5.71. The second kappa shape index (κ2) is 11.6.